The third-order valence-corrected chi connectivity index (χ3v) is 4.08. The highest BCUT2D eigenvalue weighted by atomic mass is 79.9. The van der Waals surface area contributed by atoms with Gasteiger partial charge in [0.2, 0.25) is 0 Å². The van der Waals surface area contributed by atoms with Crippen molar-refractivity contribution in [1.82, 2.24) is 0 Å². The second kappa shape index (κ2) is 5.43. The van der Waals surface area contributed by atoms with Gasteiger partial charge in [-0.1, -0.05) is 12.1 Å². The van der Waals surface area contributed by atoms with Gasteiger partial charge >= 0.3 is 0 Å². The molecule has 1 aromatic rings. The normalized spacial score (nSPS) is 11.9. The van der Waals surface area contributed by atoms with Crippen LogP contribution in [0.1, 0.15) is 24.8 Å². The van der Waals surface area contributed by atoms with Crippen molar-refractivity contribution in [2.45, 2.75) is 19.3 Å². The molecule has 0 spiro atoms. The quantitative estimate of drug-likeness (QED) is 0.845. The van der Waals surface area contributed by atoms with Gasteiger partial charge in [-0.3, -0.25) is 4.79 Å². The molecule has 1 rings (SSSR count). The Balaban J connectivity index is 3.08. The average molecular weight is 331 g/mol. The Hall–Kier alpha value is -0.660. The van der Waals surface area contributed by atoms with Gasteiger partial charge in [-0.2, -0.15) is 5.26 Å². The lowest BCUT2D eigenvalue weighted by Gasteiger charge is -2.10. The Labute approximate surface area is 106 Å². The highest BCUT2D eigenvalue weighted by Gasteiger charge is 2.16. The van der Waals surface area contributed by atoms with Gasteiger partial charge in [0, 0.05) is 15.4 Å². The summed E-state index contributed by atoms with van der Waals surface area (Å²) in [5.74, 6) is -0.359. The average Bonchev–Trinajstić information content (AvgIpc) is 2.19. The summed E-state index contributed by atoms with van der Waals surface area (Å²) in [6, 6.07) is 7.74. The van der Waals surface area contributed by atoms with E-state index in [2.05, 4.69) is 37.9 Å². The largest absolute Gasteiger partial charge is 0.300 e. The van der Waals surface area contributed by atoms with Gasteiger partial charge < -0.3 is 0 Å². The van der Waals surface area contributed by atoms with Gasteiger partial charge in [0.25, 0.3) is 0 Å². The minimum Gasteiger partial charge on any atom is -0.300 e. The zero-order valence-corrected chi connectivity index (χ0v) is 11.3. The Bertz CT molecular complexity index is 423. The molecule has 0 N–H and O–H groups in total. The van der Waals surface area contributed by atoms with Crippen LogP contribution in [0, 0.1) is 11.3 Å². The molecule has 0 saturated carbocycles. The molecule has 2 nitrogen and oxygen atoms in total. The summed E-state index contributed by atoms with van der Waals surface area (Å²) in [7, 11) is 0. The predicted molar refractivity (Wildman–Crippen MR) is 65.5 cm³/mol. The molecule has 0 saturated heterocycles. The molecular formula is C11H9Br2NO. The number of carbonyl (C=O) groups excluding carboxylic acids is 1. The molecule has 1 atom stereocenters. The first-order chi connectivity index (χ1) is 7.06. The zero-order valence-electron chi connectivity index (χ0n) is 8.13. The Kier molecular flexibility index (Phi) is 4.49. The minimum absolute atomic E-state index is 0.0217. The summed E-state index contributed by atoms with van der Waals surface area (Å²) < 4.78 is 1.74. The third kappa shape index (κ3) is 3.15. The molecule has 0 heterocycles. The monoisotopic (exact) mass is 329 g/mol. The van der Waals surface area contributed by atoms with E-state index in [1.54, 1.807) is 0 Å². The first kappa shape index (κ1) is 12.4. The Morgan fingerprint density at radius 3 is 2.73 bits per heavy atom. The molecule has 0 bridgehead atoms. The van der Waals surface area contributed by atoms with Crippen molar-refractivity contribution in [2.75, 3.05) is 0 Å². The van der Waals surface area contributed by atoms with Crippen molar-refractivity contribution in [1.29, 1.82) is 5.26 Å². The topological polar surface area (TPSA) is 40.9 Å². The molecule has 0 amide bonds. The lowest BCUT2D eigenvalue weighted by atomic mass is 9.96. The number of hydrogen-bond donors (Lipinski definition) is 0. The zero-order chi connectivity index (χ0) is 11.4. The number of nitriles is 1. The van der Waals surface area contributed by atoms with E-state index >= 15 is 0 Å². The highest BCUT2D eigenvalue weighted by molar-refractivity contribution is 9.13. The first-order valence-electron chi connectivity index (χ1n) is 4.39. The number of ketones is 1. The van der Waals surface area contributed by atoms with E-state index in [0.717, 1.165) is 14.5 Å². The summed E-state index contributed by atoms with van der Waals surface area (Å²) in [5, 5.41) is 9.01. The number of halogens is 2. The lowest BCUT2D eigenvalue weighted by Crippen LogP contribution is -2.03. The molecule has 0 aliphatic carbocycles. The SMILES string of the molecule is CC(=O)CC(C#N)c1cccc(Br)c1Br. The number of carbonyl (C=O) groups is 1. The number of Topliss-reactive ketones (excluding diaryl/α,β-unsaturated/α-hetero) is 1. The maximum Gasteiger partial charge on any atom is 0.131 e. The van der Waals surface area contributed by atoms with Crippen LogP contribution in [0.5, 0.6) is 0 Å². The Morgan fingerprint density at radius 2 is 2.20 bits per heavy atom. The maximum absolute atomic E-state index is 11.0. The van der Waals surface area contributed by atoms with Crippen LogP contribution in [-0.4, -0.2) is 5.78 Å². The van der Waals surface area contributed by atoms with E-state index in [-0.39, 0.29) is 18.1 Å². The van der Waals surface area contributed by atoms with Crippen LogP contribution in [0.2, 0.25) is 0 Å². The van der Waals surface area contributed by atoms with E-state index < -0.39 is 0 Å². The summed E-state index contributed by atoms with van der Waals surface area (Å²) in [5.41, 5.74) is 0.849. The van der Waals surface area contributed by atoms with Crippen LogP contribution in [0.15, 0.2) is 27.1 Å². The van der Waals surface area contributed by atoms with E-state index in [1.165, 1.54) is 6.92 Å². The fraction of sp³-hybridized carbons (Fsp3) is 0.273. The van der Waals surface area contributed by atoms with Crippen molar-refractivity contribution >= 4 is 37.6 Å². The predicted octanol–water partition coefficient (Wildman–Crippen LogP) is 3.80. The number of benzene rings is 1. The fourth-order valence-corrected chi connectivity index (χ4v) is 2.22. The Morgan fingerprint density at radius 1 is 1.53 bits per heavy atom. The van der Waals surface area contributed by atoms with Crippen LogP contribution >= 0.6 is 31.9 Å². The molecule has 15 heavy (non-hydrogen) atoms. The van der Waals surface area contributed by atoms with Crippen LogP contribution < -0.4 is 0 Å². The molecule has 1 aromatic carbocycles. The summed E-state index contributed by atoms with van der Waals surface area (Å²) in [6.07, 6.45) is 0.256. The fourth-order valence-electron chi connectivity index (χ4n) is 1.30. The molecular weight excluding hydrogens is 322 g/mol. The van der Waals surface area contributed by atoms with Gasteiger partial charge in [0.15, 0.2) is 0 Å². The molecule has 4 heteroatoms. The van der Waals surface area contributed by atoms with E-state index in [9.17, 15) is 4.79 Å². The number of rotatable bonds is 3. The summed E-state index contributed by atoms with van der Waals surface area (Å²) in [6.45, 7) is 1.50. The standard InChI is InChI=1S/C11H9Br2NO/c1-7(15)5-8(6-14)9-3-2-4-10(12)11(9)13/h2-4,8H,5H2,1H3. The molecule has 78 valence electrons. The van der Waals surface area contributed by atoms with Crippen molar-refractivity contribution < 1.29 is 4.79 Å². The number of hydrogen-bond acceptors (Lipinski definition) is 2. The van der Waals surface area contributed by atoms with E-state index in [0.29, 0.717) is 0 Å². The van der Waals surface area contributed by atoms with Crippen molar-refractivity contribution in [2.24, 2.45) is 0 Å². The van der Waals surface area contributed by atoms with Crippen molar-refractivity contribution in [3.63, 3.8) is 0 Å². The van der Waals surface area contributed by atoms with Crippen molar-refractivity contribution in [3.8, 4) is 6.07 Å². The second-order valence-electron chi connectivity index (χ2n) is 3.23. The van der Waals surface area contributed by atoms with Gasteiger partial charge in [0.1, 0.15) is 5.78 Å². The summed E-state index contributed by atoms with van der Waals surface area (Å²) >= 11 is 6.77. The highest BCUT2D eigenvalue weighted by Crippen LogP contribution is 2.32. The smallest absolute Gasteiger partial charge is 0.131 e. The van der Waals surface area contributed by atoms with Crippen LogP contribution in [-0.2, 0) is 4.79 Å². The van der Waals surface area contributed by atoms with Gasteiger partial charge in [0.05, 0.1) is 12.0 Å². The van der Waals surface area contributed by atoms with E-state index in [4.69, 9.17) is 5.26 Å². The van der Waals surface area contributed by atoms with Crippen LogP contribution in [0.3, 0.4) is 0 Å². The molecule has 0 fully saturated rings. The van der Waals surface area contributed by atoms with Gasteiger partial charge in [-0.25, -0.2) is 0 Å². The van der Waals surface area contributed by atoms with Gasteiger partial charge in [-0.05, 0) is 50.4 Å². The van der Waals surface area contributed by atoms with Crippen LogP contribution in [0.4, 0.5) is 0 Å². The first-order valence-corrected chi connectivity index (χ1v) is 5.97. The van der Waals surface area contributed by atoms with E-state index in [1.807, 2.05) is 18.2 Å². The molecule has 0 aliphatic rings. The second-order valence-corrected chi connectivity index (χ2v) is 4.88. The molecule has 1 unspecified atom stereocenters. The molecule has 0 aromatic heterocycles. The van der Waals surface area contributed by atoms with Crippen LogP contribution in [0.25, 0.3) is 0 Å². The third-order valence-electron chi connectivity index (χ3n) is 2.00. The lowest BCUT2D eigenvalue weighted by molar-refractivity contribution is -0.117. The minimum atomic E-state index is -0.380. The molecule has 0 aliphatic heterocycles. The summed E-state index contributed by atoms with van der Waals surface area (Å²) in [4.78, 5) is 11.0. The maximum atomic E-state index is 11.0. The van der Waals surface area contributed by atoms with Crippen molar-refractivity contribution in [3.05, 3.63) is 32.7 Å². The molecule has 0 radical (unpaired) electrons. The number of nitrogens with zero attached hydrogens (tertiary/aromatic N) is 1. The van der Waals surface area contributed by atoms with Gasteiger partial charge in [-0.15, -0.1) is 0 Å².